The second-order valence-electron chi connectivity index (χ2n) is 17.3. The number of nitrogens with zero attached hydrogens (tertiary/aromatic N) is 1. The predicted molar refractivity (Wildman–Crippen MR) is 204 cm³/mol. The number of aliphatic hydroxyl groups excluding tert-OH is 2. The molecule has 0 bridgehead atoms. The third kappa shape index (κ3) is 11.3. The summed E-state index contributed by atoms with van der Waals surface area (Å²) >= 11 is 0. The lowest BCUT2D eigenvalue weighted by molar-refractivity contribution is -0.318. The summed E-state index contributed by atoms with van der Waals surface area (Å²) in [4.78, 5) is 28.8. The van der Waals surface area contributed by atoms with Gasteiger partial charge < -0.3 is 63.8 Å². The number of methoxy groups -OCH3 is 1. The van der Waals surface area contributed by atoms with Crippen LogP contribution in [0.5, 0.6) is 0 Å². The van der Waals surface area contributed by atoms with Gasteiger partial charge in [-0.3, -0.25) is 4.79 Å². The van der Waals surface area contributed by atoms with Crippen molar-refractivity contribution in [3.05, 3.63) is 12.7 Å². The highest BCUT2D eigenvalue weighted by Crippen LogP contribution is 2.40. The molecule has 0 aliphatic carbocycles. The second-order valence-corrected chi connectivity index (χ2v) is 17.3. The van der Waals surface area contributed by atoms with Gasteiger partial charge in [-0.1, -0.05) is 27.4 Å². The van der Waals surface area contributed by atoms with Crippen LogP contribution in [0.25, 0.3) is 0 Å². The molecule has 18 atom stereocenters. The van der Waals surface area contributed by atoms with E-state index in [9.17, 15) is 30.0 Å². The summed E-state index contributed by atoms with van der Waals surface area (Å²) in [6, 6.07) is -0.922. The highest BCUT2D eigenvalue weighted by Gasteiger charge is 2.53. The fourth-order valence-corrected chi connectivity index (χ4v) is 8.74. The van der Waals surface area contributed by atoms with E-state index >= 15 is 0 Å². The molecule has 0 spiro atoms. The van der Waals surface area contributed by atoms with Crippen molar-refractivity contribution in [3.8, 4) is 0 Å². The molecule has 3 heterocycles. The van der Waals surface area contributed by atoms with Crippen LogP contribution in [0.1, 0.15) is 94.9 Å². The predicted octanol–water partition coefficient (Wildman–Crippen LogP) is 2.30. The maximum absolute atomic E-state index is 14.4. The van der Waals surface area contributed by atoms with Gasteiger partial charge in [0, 0.05) is 37.6 Å². The molecular formula is C40H72N2O13. The molecule has 55 heavy (non-hydrogen) atoms. The lowest BCUT2D eigenvalue weighted by atomic mass is 9.77. The van der Waals surface area contributed by atoms with Crippen LogP contribution in [-0.4, -0.2) is 155 Å². The molecule has 3 aliphatic rings. The summed E-state index contributed by atoms with van der Waals surface area (Å²) in [6.45, 7) is 21.2. The Hall–Kier alpha value is -1.76. The molecule has 15 nitrogen and oxygen atoms in total. The highest BCUT2D eigenvalue weighted by atomic mass is 16.7. The molecule has 0 aromatic carbocycles. The lowest BCUT2D eigenvalue weighted by Crippen LogP contribution is -2.60. The number of carbonyl (C=O) groups excluding carboxylic acids is 2. The van der Waals surface area contributed by atoms with Gasteiger partial charge in [-0.25, -0.2) is 4.79 Å². The van der Waals surface area contributed by atoms with Gasteiger partial charge in [0.25, 0.3) is 0 Å². The van der Waals surface area contributed by atoms with E-state index in [1.165, 1.54) is 14.0 Å². The van der Waals surface area contributed by atoms with Gasteiger partial charge in [0.2, 0.25) is 0 Å². The van der Waals surface area contributed by atoms with Crippen molar-refractivity contribution in [1.29, 1.82) is 0 Å². The van der Waals surface area contributed by atoms with Gasteiger partial charge >= 0.3 is 11.9 Å². The fraction of sp³-hybridized carbons (Fsp3) is 0.900. The highest BCUT2D eigenvalue weighted by molar-refractivity contribution is 5.81. The van der Waals surface area contributed by atoms with E-state index in [4.69, 9.17) is 33.2 Å². The van der Waals surface area contributed by atoms with Crippen LogP contribution in [0.15, 0.2) is 12.7 Å². The zero-order chi connectivity index (χ0) is 41.8. The smallest absolute Gasteiger partial charge is 0.330 e. The van der Waals surface area contributed by atoms with Crippen molar-refractivity contribution in [2.75, 3.05) is 27.7 Å². The third-order valence-electron chi connectivity index (χ3n) is 12.1. The summed E-state index contributed by atoms with van der Waals surface area (Å²) in [5.41, 5.74) is -4.50. The molecule has 3 rings (SSSR count). The van der Waals surface area contributed by atoms with Gasteiger partial charge in [0.1, 0.15) is 30.0 Å². The Balaban J connectivity index is 2.19. The molecule has 0 unspecified atom stereocenters. The van der Waals surface area contributed by atoms with Crippen molar-refractivity contribution in [2.45, 2.75) is 185 Å². The monoisotopic (exact) mass is 789 g/mol. The number of ether oxygens (including phenoxy) is 7. The number of likely N-dealkylation sites (N-methyl/N-ethyl adjacent to an activating group) is 1. The minimum absolute atomic E-state index is 0.109. The Morgan fingerprint density at radius 3 is 2.22 bits per heavy atom. The Labute approximate surface area is 328 Å². The van der Waals surface area contributed by atoms with E-state index in [0.717, 1.165) is 6.08 Å². The first-order chi connectivity index (χ1) is 25.4. The molecule has 0 amide bonds. The van der Waals surface area contributed by atoms with Crippen molar-refractivity contribution in [2.24, 2.45) is 17.8 Å². The van der Waals surface area contributed by atoms with E-state index < -0.39 is 102 Å². The largest absolute Gasteiger partial charge is 0.459 e. The zero-order valence-corrected chi connectivity index (χ0v) is 35.4. The molecule has 0 radical (unpaired) electrons. The first-order valence-electron chi connectivity index (χ1n) is 19.8. The molecule has 3 aliphatic heterocycles. The minimum atomic E-state index is -1.86. The number of nitrogens with one attached hydrogen (secondary N) is 1. The number of esters is 2. The van der Waals surface area contributed by atoms with Crippen molar-refractivity contribution >= 4 is 11.9 Å². The number of hydrogen-bond donors (Lipinski definition) is 5. The van der Waals surface area contributed by atoms with E-state index in [0.29, 0.717) is 13.0 Å². The topological polar surface area (TPSA) is 195 Å². The van der Waals surface area contributed by atoms with Crippen LogP contribution in [-0.2, 0) is 42.7 Å². The van der Waals surface area contributed by atoms with E-state index in [2.05, 4.69) is 11.9 Å². The first-order valence-corrected chi connectivity index (χ1v) is 19.8. The summed E-state index contributed by atoms with van der Waals surface area (Å²) < 4.78 is 43.3. The van der Waals surface area contributed by atoms with Crippen LogP contribution in [0, 0.1) is 17.8 Å². The molecule has 0 aromatic rings. The summed E-state index contributed by atoms with van der Waals surface area (Å²) in [5.74, 6) is -3.53. The number of carbonyl (C=O) groups is 2. The lowest BCUT2D eigenvalue weighted by Gasteiger charge is -2.48. The minimum Gasteiger partial charge on any atom is -0.459 e. The molecule has 0 saturated carbocycles. The van der Waals surface area contributed by atoms with Crippen molar-refractivity contribution < 1.29 is 63.2 Å². The maximum atomic E-state index is 14.4. The zero-order valence-electron chi connectivity index (χ0n) is 35.4. The SMILES string of the molecule is C=CC(=O)O[C@@H]1[C@@H](C)NC[C@H](C)C[C@](C)(O)[C@H](O[C@@H]2O[C@H](C)C[C@H](N(C)C)[C@H]2O)[C@@H](C)[C@H](O[C@H]2C[C@@](C)(OC)[C@@H](O)[C@H](C)O2)[C@@H](C)C(=O)O[C@H](CC)[C@@]1(C)O. The number of aliphatic hydroxyl groups is 4. The van der Waals surface area contributed by atoms with E-state index in [-0.39, 0.29) is 37.3 Å². The Morgan fingerprint density at radius 1 is 1.02 bits per heavy atom. The third-order valence-corrected chi connectivity index (χ3v) is 12.1. The fourth-order valence-electron chi connectivity index (χ4n) is 8.74. The molecule has 0 aromatic heterocycles. The van der Waals surface area contributed by atoms with Gasteiger partial charge in [-0.2, -0.15) is 0 Å². The van der Waals surface area contributed by atoms with Gasteiger partial charge in [-0.15, -0.1) is 0 Å². The van der Waals surface area contributed by atoms with Crippen LogP contribution >= 0.6 is 0 Å². The summed E-state index contributed by atoms with van der Waals surface area (Å²) in [7, 11) is 5.24. The number of rotatable bonds is 9. The molecule has 5 N–H and O–H groups in total. The van der Waals surface area contributed by atoms with Gasteiger partial charge in [0.05, 0.1) is 41.5 Å². The van der Waals surface area contributed by atoms with Crippen molar-refractivity contribution in [3.63, 3.8) is 0 Å². The quantitative estimate of drug-likeness (QED) is 0.169. The van der Waals surface area contributed by atoms with Crippen LogP contribution < -0.4 is 5.32 Å². The van der Waals surface area contributed by atoms with Gasteiger partial charge in [0.15, 0.2) is 12.6 Å². The standard InChI is InChI=1S/C40H72N2O13/c1-15-28-40(11,48)35(53-29(43)16-2)25(7)41-20-21(3)18-38(9,47)34(55-37-31(44)27(42(12)13)17-22(4)50-37)23(5)32(24(6)36(46)52-28)54-30-19-39(10,49-14)33(45)26(8)51-30/h16,21-28,30-35,37,41,44-45,47-48H,2,15,17-20H2,1,3-14H3/t21-,22-,23+,24-,25-,26+,27+,28-,30+,31-,32+,33+,34-,35-,37+,38+,39-,40-/m1/s1. The van der Waals surface area contributed by atoms with Crippen LogP contribution in [0.2, 0.25) is 0 Å². The first kappa shape index (κ1) is 47.6. The Kier molecular flexibility index (Phi) is 16.7. The molecule has 15 heteroatoms. The Morgan fingerprint density at radius 2 is 1.65 bits per heavy atom. The maximum Gasteiger partial charge on any atom is 0.330 e. The van der Waals surface area contributed by atoms with E-state index in [1.807, 2.05) is 32.8 Å². The van der Waals surface area contributed by atoms with Crippen LogP contribution in [0.4, 0.5) is 0 Å². The van der Waals surface area contributed by atoms with E-state index in [1.54, 1.807) is 48.5 Å². The van der Waals surface area contributed by atoms with Crippen LogP contribution in [0.3, 0.4) is 0 Å². The van der Waals surface area contributed by atoms with Crippen molar-refractivity contribution in [1.82, 2.24) is 10.2 Å². The Bertz CT molecular complexity index is 1270. The molecule has 3 saturated heterocycles. The molecule has 3 fully saturated rings. The summed E-state index contributed by atoms with van der Waals surface area (Å²) in [6.07, 6.45) is -7.51. The number of hydrogen-bond acceptors (Lipinski definition) is 15. The average molecular weight is 789 g/mol. The average Bonchev–Trinajstić information content (AvgIpc) is 3.11. The molecular weight excluding hydrogens is 716 g/mol. The second kappa shape index (κ2) is 19.3. The number of cyclic esters (lactones) is 1. The molecule has 320 valence electrons. The van der Waals surface area contributed by atoms with Gasteiger partial charge in [-0.05, 0) is 94.3 Å². The normalized spacial score (nSPS) is 46.9. The summed E-state index contributed by atoms with van der Waals surface area (Å²) in [5, 5.41) is 50.4.